The minimum Gasteiger partial charge on any atom is -0.503 e. The molecule has 19 heavy (non-hydrogen) atoms. The van der Waals surface area contributed by atoms with E-state index in [4.69, 9.17) is 15.2 Å². The maximum absolute atomic E-state index is 9.85. The maximum Gasteiger partial charge on any atom is 0.172 e. The molecule has 1 aromatic carbocycles. The van der Waals surface area contributed by atoms with E-state index >= 15 is 0 Å². The number of aromatic hydroxyl groups is 1. The van der Waals surface area contributed by atoms with Gasteiger partial charge in [0.25, 0.3) is 0 Å². The highest BCUT2D eigenvalue weighted by molar-refractivity contribution is 9.10. The van der Waals surface area contributed by atoms with Gasteiger partial charge in [-0.1, -0.05) is 0 Å². The molecular formula is C13H19BrN2O3. The number of ether oxygens (including phenoxy) is 2. The minimum atomic E-state index is 0.106. The van der Waals surface area contributed by atoms with Gasteiger partial charge in [-0.05, 0) is 33.6 Å². The largest absolute Gasteiger partial charge is 0.503 e. The molecule has 6 heteroatoms. The van der Waals surface area contributed by atoms with Crippen LogP contribution in [-0.4, -0.2) is 50.0 Å². The first-order valence-electron chi connectivity index (χ1n) is 6.25. The summed E-state index contributed by atoms with van der Waals surface area (Å²) < 4.78 is 11.2. The Morgan fingerprint density at radius 2 is 2.16 bits per heavy atom. The van der Waals surface area contributed by atoms with Gasteiger partial charge >= 0.3 is 0 Å². The summed E-state index contributed by atoms with van der Waals surface area (Å²) in [4.78, 5) is 2.29. The average molecular weight is 331 g/mol. The van der Waals surface area contributed by atoms with E-state index in [0.29, 0.717) is 16.8 Å². The SMILES string of the molecule is COc1cc(C(CN)N2CCOCC2)cc(Br)c1O. The van der Waals surface area contributed by atoms with Crippen LogP contribution in [0.15, 0.2) is 16.6 Å². The molecule has 0 saturated carbocycles. The Morgan fingerprint density at radius 1 is 1.47 bits per heavy atom. The van der Waals surface area contributed by atoms with Crippen LogP contribution >= 0.6 is 15.9 Å². The quantitative estimate of drug-likeness (QED) is 0.875. The van der Waals surface area contributed by atoms with Gasteiger partial charge in [0.05, 0.1) is 24.8 Å². The van der Waals surface area contributed by atoms with Gasteiger partial charge in [-0.2, -0.15) is 0 Å². The maximum atomic E-state index is 9.85. The molecule has 2 rings (SSSR count). The number of methoxy groups -OCH3 is 1. The molecule has 1 unspecified atom stereocenters. The molecule has 1 saturated heterocycles. The van der Waals surface area contributed by atoms with Gasteiger partial charge in [0.15, 0.2) is 11.5 Å². The molecule has 1 aliphatic heterocycles. The first-order valence-corrected chi connectivity index (χ1v) is 7.05. The van der Waals surface area contributed by atoms with E-state index in [1.807, 2.05) is 12.1 Å². The first kappa shape index (κ1) is 14.6. The Kier molecular flexibility index (Phi) is 5.04. The van der Waals surface area contributed by atoms with E-state index in [9.17, 15) is 5.11 Å². The lowest BCUT2D eigenvalue weighted by Gasteiger charge is -2.34. The second-order valence-corrected chi connectivity index (χ2v) is 5.31. The molecule has 0 radical (unpaired) electrons. The van der Waals surface area contributed by atoms with Crippen LogP contribution in [0.3, 0.4) is 0 Å². The molecule has 1 atom stereocenters. The monoisotopic (exact) mass is 330 g/mol. The summed E-state index contributed by atoms with van der Waals surface area (Å²) in [6.45, 7) is 3.70. The zero-order chi connectivity index (χ0) is 13.8. The Balaban J connectivity index is 2.29. The third-order valence-corrected chi connectivity index (χ3v) is 3.97. The molecule has 0 bridgehead atoms. The lowest BCUT2D eigenvalue weighted by molar-refractivity contribution is 0.0178. The van der Waals surface area contributed by atoms with Crippen LogP contribution in [0.1, 0.15) is 11.6 Å². The van der Waals surface area contributed by atoms with Crippen molar-refractivity contribution in [2.45, 2.75) is 6.04 Å². The topological polar surface area (TPSA) is 68.0 Å². The Hall–Kier alpha value is -0.820. The normalized spacial score (nSPS) is 18.3. The number of morpholine rings is 1. The zero-order valence-corrected chi connectivity index (χ0v) is 12.5. The smallest absolute Gasteiger partial charge is 0.172 e. The number of hydrogen-bond donors (Lipinski definition) is 2. The number of nitrogens with two attached hydrogens (primary N) is 1. The van der Waals surface area contributed by atoms with Crippen molar-refractivity contribution in [2.75, 3.05) is 40.0 Å². The van der Waals surface area contributed by atoms with Crippen LogP contribution in [0.2, 0.25) is 0 Å². The van der Waals surface area contributed by atoms with Crippen molar-refractivity contribution in [3.63, 3.8) is 0 Å². The van der Waals surface area contributed by atoms with E-state index < -0.39 is 0 Å². The molecule has 3 N–H and O–H groups in total. The highest BCUT2D eigenvalue weighted by atomic mass is 79.9. The summed E-state index contributed by atoms with van der Waals surface area (Å²) >= 11 is 3.35. The summed E-state index contributed by atoms with van der Waals surface area (Å²) in [7, 11) is 1.54. The van der Waals surface area contributed by atoms with Crippen LogP contribution in [0.5, 0.6) is 11.5 Å². The molecular weight excluding hydrogens is 312 g/mol. The van der Waals surface area contributed by atoms with Crippen molar-refractivity contribution >= 4 is 15.9 Å². The lowest BCUT2D eigenvalue weighted by Crippen LogP contribution is -2.41. The van der Waals surface area contributed by atoms with Crippen LogP contribution in [0.25, 0.3) is 0 Å². The second kappa shape index (κ2) is 6.56. The number of phenolic OH excluding ortho intramolecular Hbond substituents is 1. The average Bonchev–Trinajstić information content (AvgIpc) is 2.44. The fourth-order valence-corrected chi connectivity index (χ4v) is 2.79. The summed E-state index contributed by atoms with van der Waals surface area (Å²) in [5.74, 6) is 0.570. The van der Waals surface area contributed by atoms with Gasteiger partial charge in [-0.25, -0.2) is 0 Å². The molecule has 5 nitrogen and oxygen atoms in total. The third kappa shape index (κ3) is 3.20. The molecule has 0 spiro atoms. The number of nitrogens with zero attached hydrogens (tertiary/aromatic N) is 1. The van der Waals surface area contributed by atoms with Crippen molar-refractivity contribution in [2.24, 2.45) is 5.73 Å². The van der Waals surface area contributed by atoms with Gasteiger partial charge in [0, 0.05) is 25.7 Å². The van der Waals surface area contributed by atoms with Crippen molar-refractivity contribution in [1.82, 2.24) is 4.90 Å². The van der Waals surface area contributed by atoms with Gasteiger partial charge in [0.2, 0.25) is 0 Å². The number of rotatable bonds is 4. The first-order chi connectivity index (χ1) is 9.17. The van der Waals surface area contributed by atoms with Crippen LogP contribution in [0.4, 0.5) is 0 Å². The minimum absolute atomic E-state index is 0.106. The fraction of sp³-hybridized carbons (Fsp3) is 0.538. The molecule has 1 aromatic rings. The number of halogens is 1. The van der Waals surface area contributed by atoms with Crippen LogP contribution in [0, 0.1) is 0 Å². The summed E-state index contributed by atoms with van der Waals surface area (Å²) in [6.07, 6.45) is 0. The summed E-state index contributed by atoms with van der Waals surface area (Å²) in [6, 6.07) is 3.84. The third-order valence-electron chi connectivity index (χ3n) is 3.37. The summed E-state index contributed by atoms with van der Waals surface area (Å²) in [5, 5.41) is 9.85. The highest BCUT2D eigenvalue weighted by Gasteiger charge is 2.23. The second-order valence-electron chi connectivity index (χ2n) is 4.45. The van der Waals surface area contributed by atoms with Crippen molar-refractivity contribution in [3.8, 4) is 11.5 Å². The predicted octanol–water partition coefficient (Wildman–Crippen LogP) is 1.50. The Labute approximate surface area is 121 Å². The van der Waals surface area contributed by atoms with E-state index in [1.54, 1.807) is 0 Å². The molecule has 0 aromatic heterocycles. The van der Waals surface area contributed by atoms with Gasteiger partial charge in [-0.3, -0.25) is 4.90 Å². The molecule has 0 amide bonds. The molecule has 106 valence electrons. The van der Waals surface area contributed by atoms with Gasteiger partial charge in [-0.15, -0.1) is 0 Å². The van der Waals surface area contributed by atoms with Crippen molar-refractivity contribution < 1.29 is 14.6 Å². The lowest BCUT2D eigenvalue weighted by atomic mass is 10.0. The van der Waals surface area contributed by atoms with Crippen LogP contribution < -0.4 is 10.5 Å². The van der Waals surface area contributed by atoms with Gasteiger partial charge < -0.3 is 20.3 Å². The number of hydrogen-bond acceptors (Lipinski definition) is 5. The number of benzene rings is 1. The summed E-state index contributed by atoms with van der Waals surface area (Å²) in [5.41, 5.74) is 6.95. The number of phenols is 1. The van der Waals surface area contributed by atoms with Crippen molar-refractivity contribution in [3.05, 3.63) is 22.2 Å². The van der Waals surface area contributed by atoms with Crippen molar-refractivity contribution in [1.29, 1.82) is 0 Å². The van der Waals surface area contributed by atoms with Gasteiger partial charge in [0.1, 0.15) is 0 Å². The molecule has 1 fully saturated rings. The molecule has 1 aliphatic rings. The highest BCUT2D eigenvalue weighted by Crippen LogP contribution is 2.37. The van der Waals surface area contributed by atoms with E-state index in [-0.39, 0.29) is 11.8 Å². The zero-order valence-electron chi connectivity index (χ0n) is 10.9. The fourth-order valence-electron chi connectivity index (χ4n) is 2.33. The van der Waals surface area contributed by atoms with E-state index in [0.717, 1.165) is 31.9 Å². The van der Waals surface area contributed by atoms with E-state index in [1.165, 1.54) is 7.11 Å². The Bertz CT molecular complexity index is 436. The molecule has 0 aliphatic carbocycles. The van der Waals surface area contributed by atoms with E-state index in [2.05, 4.69) is 20.8 Å². The standard InChI is InChI=1S/C13H19BrN2O3/c1-18-12-7-9(6-10(14)13(12)17)11(8-15)16-2-4-19-5-3-16/h6-7,11,17H,2-5,8,15H2,1H3. The predicted molar refractivity (Wildman–Crippen MR) is 76.5 cm³/mol. The molecule has 1 heterocycles. The Morgan fingerprint density at radius 3 is 2.74 bits per heavy atom. The van der Waals surface area contributed by atoms with Crippen LogP contribution in [-0.2, 0) is 4.74 Å².